The van der Waals surface area contributed by atoms with Gasteiger partial charge in [-0.25, -0.2) is 0 Å². The van der Waals surface area contributed by atoms with Crippen molar-refractivity contribution in [3.05, 3.63) is 170 Å². The summed E-state index contributed by atoms with van der Waals surface area (Å²) in [5.41, 5.74) is 8.98. The standard InChI is InChI=1S/C46H28S2/c1-4-14-29(15-5-1)41-33-20-10-12-22-35(33)42(36-23-13-11-21-34(36)41)32-24-25-37-40(28-32)47-39-27-26-38-43(30-16-6-2-7-17-30)45(48-46(38)44(37)39)31-18-8-3-9-19-31/h1-28H. The third kappa shape index (κ3) is 4.20. The molecule has 0 aliphatic heterocycles. The molecule has 0 nitrogen and oxygen atoms in total. The Morgan fingerprint density at radius 3 is 1.35 bits per heavy atom. The zero-order chi connectivity index (χ0) is 31.6. The van der Waals surface area contributed by atoms with E-state index in [9.17, 15) is 0 Å². The molecule has 2 heterocycles. The second-order valence-corrected chi connectivity index (χ2v) is 14.5. The van der Waals surface area contributed by atoms with Crippen molar-refractivity contribution >= 4 is 74.5 Å². The van der Waals surface area contributed by atoms with Crippen LogP contribution in [0.3, 0.4) is 0 Å². The molecule has 224 valence electrons. The number of rotatable bonds is 4. The minimum Gasteiger partial charge on any atom is -0.135 e. The lowest BCUT2D eigenvalue weighted by Crippen LogP contribution is -1.90. The fourth-order valence-corrected chi connectivity index (χ4v) is 10.2. The molecule has 48 heavy (non-hydrogen) atoms. The van der Waals surface area contributed by atoms with Gasteiger partial charge >= 0.3 is 0 Å². The van der Waals surface area contributed by atoms with Crippen LogP contribution in [0.1, 0.15) is 0 Å². The summed E-state index contributed by atoms with van der Waals surface area (Å²) in [5.74, 6) is 0. The van der Waals surface area contributed by atoms with Crippen LogP contribution in [0, 0.1) is 0 Å². The van der Waals surface area contributed by atoms with E-state index in [2.05, 4.69) is 170 Å². The zero-order valence-corrected chi connectivity index (χ0v) is 27.6. The predicted octanol–water partition coefficient (Wildman–Crippen LogP) is 14.2. The van der Waals surface area contributed by atoms with Gasteiger partial charge in [0.15, 0.2) is 0 Å². The molecule has 2 aromatic heterocycles. The van der Waals surface area contributed by atoms with Crippen molar-refractivity contribution in [2.24, 2.45) is 0 Å². The molecule has 0 unspecified atom stereocenters. The van der Waals surface area contributed by atoms with Crippen LogP contribution in [0.25, 0.3) is 95.6 Å². The minimum absolute atomic E-state index is 1.25. The largest absolute Gasteiger partial charge is 0.135 e. The maximum absolute atomic E-state index is 2.44. The minimum atomic E-state index is 1.25. The molecule has 0 atom stereocenters. The molecular weight excluding hydrogens is 617 g/mol. The van der Waals surface area contributed by atoms with Gasteiger partial charge in [0.05, 0.1) is 0 Å². The normalized spacial score (nSPS) is 11.8. The molecule has 0 saturated carbocycles. The molecule has 8 aromatic carbocycles. The summed E-state index contributed by atoms with van der Waals surface area (Å²) in [5, 5.41) is 9.19. The van der Waals surface area contributed by atoms with Gasteiger partial charge in [0.25, 0.3) is 0 Å². The average Bonchev–Trinajstić information content (AvgIpc) is 3.73. The molecule has 0 fully saturated rings. The first-order valence-electron chi connectivity index (χ1n) is 16.4. The van der Waals surface area contributed by atoms with Crippen molar-refractivity contribution in [1.29, 1.82) is 0 Å². The summed E-state index contributed by atoms with van der Waals surface area (Å²) >= 11 is 3.84. The molecule has 0 amide bonds. The molecule has 0 saturated heterocycles. The van der Waals surface area contributed by atoms with E-state index in [1.807, 2.05) is 22.7 Å². The van der Waals surface area contributed by atoms with Crippen LogP contribution in [0.5, 0.6) is 0 Å². The molecule has 10 aromatic rings. The summed E-state index contributed by atoms with van der Waals surface area (Å²) in [6.07, 6.45) is 0. The highest BCUT2D eigenvalue weighted by molar-refractivity contribution is 7.28. The fraction of sp³-hybridized carbons (Fsp3) is 0. The zero-order valence-electron chi connectivity index (χ0n) is 26.0. The first-order chi connectivity index (χ1) is 23.8. The van der Waals surface area contributed by atoms with Gasteiger partial charge in [0, 0.05) is 40.7 Å². The quantitative estimate of drug-likeness (QED) is 0.167. The van der Waals surface area contributed by atoms with Gasteiger partial charge in [0.2, 0.25) is 0 Å². The monoisotopic (exact) mass is 644 g/mol. The number of hydrogen-bond donors (Lipinski definition) is 0. The van der Waals surface area contributed by atoms with Gasteiger partial charge in [0.1, 0.15) is 0 Å². The van der Waals surface area contributed by atoms with E-state index in [0.29, 0.717) is 0 Å². The third-order valence-electron chi connectivity index (χ3n) is 9.67. The van der Waals surface area contributed by atoms with Crippen LogP contribution in [0.2, 0.25) is 0 Å². The summed E-state index contributed by atoms with van der Waals surface area (Å²) in [4.78, 5) is 1.33. The molecule has 0 N–H and O–H groups in total. The number of benzene rings is 8. The van der Waals surface area contributed by atoms with Crippen LogP contribution in [0.4, 0.5) is 0 Å². The third-order valence-corrected chi connectivity index (χ3v) is 12.1. The highest BCUT2D eigenvalue weighted by atomic mass is 32.1. The second kappa shape index (κ2) is 11.0. The average molecular weight is 645 g/mol. The van der Waals surface area contributed by atoms with Crippen molar-refractivity contribution in [3.8, 4) is 43.8 Å². The van der Waals surface area contributed by atoms with Crippen LogP contribution >= 0.6 is 22.7 Å². The fourth-order valence-electron chi connectivity index (χ4n) is 7.61. The van der Waals surface area contributed by atoms with Gasteiger partial charge in [-0.2, -0.15) is 0 Å². The lowest BCUT2D eigenvalue weighted by molar-refractivity contribution is 1.66. The number of thiophene rings is 2. The molecule has 0 aliphatic carbocycles. The summed E-state index contributed by atoms with van der Waals surface area (Å²) in [7, 11) is 0. The first kappa shape index (κ1) is 27.6. The SMILES string of the molecule is c1ccc(-c2sc3c(ccc4sc5cc(-c6c7ccccc7c(-c7ccccc7)c7ccccc67)ccc5c43)c2-c2ccccc2)cc1. The van der Waals surface area contributed by atoms with Crippen LogP contribution in [0.15, 0.2) is 170 Å². The smallest absolute Gasteiger partial charge is 0.0449 e. The lowest BCUT2D eigenvalue weighted by Gasteiger charge is -2.17. The molecule has 2 heteroatoms. The van der Waals surface area contributed by atoms with Crippen molar-refractivity contribution < 1.29 is 0 Å². The van der Waals surface area contributed by atoms with Crippen molar-refractivity contribution in [2.45, 2.75) is 0 Å². The van der Waals surface area contributed by atoms with Gasteiger partial charge < -0.3 is 0 Å². The van der Waals surface area contributed by atoms with E-state index < -0.39 is 0 Å². The Balaban J connectivity index is 1.24. The predicted molar refractivity (Wildman–Crippen MR) is 211 cm³/mol. The first-order valence-corrected chi connectivity index (χ1v) is 18.0. The maximum atomic E-state index is 2.44. The van der Waals surface area contributed by atoms with Crippen LogP contribution in [-0.4, -0.2) is 0 Å². The number of fused-ring (bicyclic) bond motifs is 7. The van der Waals surface area contributed by atoms with E-state index in [4.69, 9.17) is 0 Å². The molecule has 10 rings (SSSR count). The highest BCUT2D eigenvalue weighted by Gasteiger charge is 2.21. The van der Waals surface area contributed by atoms with Gasteiger partial charge in [-0.15, -0.1) is 22.7 Å². The Kier molecular flexibility index (Phi) is 6.33. The van der Waals surface area contributed by atoms with E-state index in [-0.39, 0.29) is 0 Å². The Labute approximate surface area is 286 Å². The molecular formula is C46H28S2. The van der Waals surface area contributed by atoms with Crippen LogP contribution < -0.4 is 0 Å². The van der Waals surface area contributed by atoms with E-state index >= 15 is 0 Å². The summed E-state index contributed by atoms with van der Waals surface area (Å²) in [6, 6.07) is 62.3. The van der Waals surface area contributed by atoms with Gasteiger partial charge in [-0.3, -0.25) is 0 Å². The topological polar surface area (TPSA) is 0 Å². The Hall–Kier alpha value is -5.54. The van der Waals surface area contributed by atoms with Gasteiger partial charge in [-0.1, -0.05) is 158 Å². The van der Waals surface area contributed by atoms with Crippen molar-refractivity contribution in [2.75, 3.05) is 0 Å². The second-order valence-electron chi connectivity index (χ2n) is 12.4. The Morgan fingerprint density at radius 2 is 0.771 bits per heavy atom. The summed E-state index contributed by atoms with van der Waals surface area (Å²) < 4.78 is 4.03. The van der Waals surface area contributed by atoms with E-state index in [1.165, 1.54) is 95.6 Å². The lowest BCUT2D eigenvalue weighted by atomic mass is 9.86. The molecule has 0 radical (unpaired) electrons. The van der Waals surface area contributed by atoms with Crippen molar-refractivity contribution in [3.63, 3.8) is 0 Å². The number of hydrogen-bond acceptors (Lipinski definition) is 2. The molecule has 0 aliphatic rings. The highest BCUT2D eigenvalue weighted by Crippen LogP contribution is 2.51. The molecule has 0 bridgehead atoms. The Bertz CT molecular complexity index is 2750. The van der Waals surface area contributed by atoms with E-state index in [0.717, 1.165) is 0 Å². The summed E-state index contributed by atoms with van der Waals surface area (Å²) in [6.45, 7) is 0. The maximum Gasteiger partial charge on any atom is 0.0449 e. The molecule has 0 spiro atoms. The van der Waals surface area contributed by atoms with Gasteiger partial charge in [-0.05, 0) is 67.1 Å². The van der Waals surface area contributed by atoms with E-state index in [1.54, 1.807) is 0 Å². The van der Waals surface area contributed by atoms with Crippen molar-refractivity contribution in [1.82, 2.24) is 0 Å². The van der Waals surface area contributed by atoms with Crippen LogP contribution in [-0.2, 0) is 0 Å². The Morgan fingerprint density at radius 1 is 0.292 bits per heavy atom.